The summed E-state index contributed by atoms with van der Waals surface area (Å²) < 4.78 is 39.6. The standard InChI is InChI=1S/C64H117O11P/c1-4-7-10-13-16-19-22-25-27-29-30-32-34-37-40-43-46-49-52-55-64(68)75-61(57-71-62(66)53-50-47-44-41-38-36-33-31-28-26-23-20-17-14-11-8-5-2)59-73-76(69,70)72-58-60(56-65)74-63(67)54-51-48-45-42-39-35-24-21-18-15-12-9-6-3/h12,15,17,20-21,24,26,28,60-61,65H,4-11,13-14,16,18-19,22-23,25,27,29-59H2,1-3H3,(H,69,70)/b15-12-,20-17-,24-21-,28-26-. The summed E-state index contributed by atoms with van der Waals surface area (Å²) in [5, 5.41) is 9.82. The lowest BCUT2D eigenvalue weighted by Crippen LogP contribution is -2.30. The number of phosphoric acid groups is 1. The van der Waals surface area contributed by atoms with E-state index in [0.717, 1.165) is 96.3 Å². The van der Waals surface area contributed by atoms with Crippen LogP contribution in [0.4, 0.5) is 0 Å². The van der Waals surface area contributed by atoms with Gasteiger partial charge in [0, 0.05) is 19.3 Å². The highest BCUT2D eigenvalue weighted by Crippen LogP contribution is 2.43. The monoisotopic (exact) mass is 1090 g/mol. The van der Waals surface area contributed by atoms with Gasteiger partial charge in [0.25, 0.3) is 0 Å². The zero-order valence-electron chi connectivity index (χ0n) is 49.2. The molecule has 0 amide bonds. The fraction of sp³-hybridized carbons (Fsp3) is 0.828. The SMILES string of the molecule is CCC/C=C\C/C=C\CCCCCCCC(=O)OC(CO)COP(=O)(O)OCC(COC(=O)CCCCCCCCC/C=C\C/C=C\CCCCC)OC(=O)CCCCCCCCCCCCCCCCCCCCC. The molecule has 0 saturated heterocycles. The van der Waals surface area contributed by atoms with Gasteiger partial charge in [-0.15, -0.1) is 0 Å². The molecule has 3 unspecified atom stereocenters. The van der Waals surface area contributed by atoms with Crippen molar-refractivity contribution in [2.75, 3.05) is 26.4 Å². The van der Waals surface area contributed by atoms with Gasteiger partial charge in [0.1, 0.15) is 12.7 Å². The summed E-state index contributed by atoms with van der Waals surface area (Å²) in [5.74, 6) is -1.47. The number of phosphoric ester groups is 1. The van der Waals surface area contributed by atoms with Crippen LogP contribution < -0.4 is 0 Å². The second-order valence-corrected chi connectivity index (χ2v) is 22.7. The van der Waals surface area contributed by atoms with Gasteiger partial charge in [-0.25, -0.2) is 4.57 Å². The molecule has 0 bridgehead atoms. The Balaban J connectivity index is 4.69. The van der Waals surface area contributed by atoms with E-state index in [1.807, 2.05) is 0 Å². The largest absolute Gasteiger partial charge is 0.472 e. The van der Waals surface area contributed by atoms with Crippen molar-refractivity contribution in [3.8, 4) is 0 Å². The molecule has 0 spiro atoms. The summed E-state index contributed by atoms with van der Waals surface area (Å²) in [4.78, 5) is 48.7. The number of ether oxygens (including phenoxy) is 3. The first-order valence-corrected chi connectivity index (χ1v) is 33.0. The number of esters is 3. The molecule has 0 aliphatic rings. The average molecular weight is 1090 g/mol. The maximum Gasteiger partial charge on any atom is 0.472 e. The summed E-state index contributed by atoms with van der Waals surface area (Å²) >= 11 is 0. The van der Waals surface area contributed by atoms with Gasteiger partial charge in [-0.2, -0.15) is 0 Å². The Morgan fingerprint density at radius 2 is 0.671 bits per heavy atom. The first kappa shape index (κ1) is 73.4. The van der Waals surface area contributed by atoms with Crippen molar-refractivity contribution in [1.82, 2.24) is 0 Å². The molecule has 0 heterocycles. The van der Waals surface area contributed by atoms with Gasteiger partial charge in [-0.1, -0.05) is 256 Å². The van der Waals surface area contributed by atoms with Crippen LogP contribution in [0.25, 0.3) is 0 Å². The molecule has 12 heteroatoms. The highest BCUT2D eigenvalue weighted by atomic mass is 31.2. The molecular weight excluding hydrogens is 976 g/mol. The number of aliphatic hydroxyl groups is 1. The van der Waals surface area contributed by atoms with Crippen molar-refractivity contribution in [3.63, 3.8) is 0 Å². The summed E-state index contributed by atoms with van der Waals surface area (Å²) in [7, 11) is -4.75. The van der Waals surface area contributed by atoms with Gasteiger partial charge in [-0.05, 0) is 77.0 Å². The van der Waals surface area contributed by atoms with Crippen molar-refractivity contribution < 1.29 is 52.2 Å². The Morgan fingerprint density at radius 1 is 0.368 bits per heavy atom. The lowest BCUT2D eigenvalue weighted by Gasteiger charge is -2.21. The summed E-state index contributed by atoms with van der Waals surface area (Å²) in [6.07, 6.45) is 63.5. The molecule has 0 aliphatic carbocycles. The summed E-state index contributed by atoms with van der Waals surface area (Å²) in [6, 6.07) is 0. The van der Waals surface area contributed by atoms with Gasteiger partial charge < -0.3 is 24.2 Å². The van der Waals surface area contributed by atoms with Crippen molar-refractivity contribution in [3.05, 3.63) is 48.6 Å². The average Bonchev–Trinajstić information content (AvgIpc) is 3.41. The Bertz CT molecular complexity index is 1460. The van der Waals surface area contributed by atoms with E-state index in [9.17, 15) is 28.9 Å². The zero-order chi connectivity index (χ0) is 55.5. The number of hydrogen-bond acceptors (Lipinski definition) is 10. The summed E-state index contributed by atoms with van der Waals surface area (Å²) in [6.45, 7) is 4.59. The lowest BCUT2D eigenvalue weighted by atomic mass is 10.0. The molecule has 76 heavy (non-hydrogen) atoms. The van der Waals surface area contributed by atoms with Gasteiger partial charge >= 0.3 is 25.7 Å². The zero-order valence-corrected chi connectivity index (χ0v) is 50.1. The van der Waals surface area contributed by atoms with Crippen LogP contribution in [-0.4, -0.2) is 66.5 Å². The van der Waals surface area contributed by atoms with E-state index in [4.69, 9.17) is 23.3 Å². The quantitative estimate of drug-likeness (QED) is 0.0197. The van der Waals surface area contributed by atoms with Crippen LogP contribution >= 0.6 is 7.82 Å². The number of aliphatic hydroxyl groups excluding tert-OH is 1. The van der Waals surface area contributed by atoms with E-state index in [1.54, 1.807) is 0 Å². The second-order valence-electron chi connectivity index (χ2n) is 21.2. The Kier molecular flexibility index (Phi) is 56.6. The van der Waals surface area contributed by atoms with Crippen LogP contribution in [0, 0.1) is 0 Å². The third-order valence-corrected chi connectivity index (χ3v) is 14.7. The van der Waals surface area contributed by atoms with Gasteiger partial charge in [0.05, 0.1) is 19.8 Å². The lowest BCUT2D eigenvalue weighted by molar-refractivity contribution is -0.161. The maximum absolute atomic E-state index is 12.9. The number of carbonyl (C=O) groups is 3. The Morgan fingerprint density at radius 3 is 1.05 bits per heavy atom. The highest BCUT2D eigenvalue weighted by Gasteiger charge is 2.28. The van der Waals surface area contributed by atoms with Gasteiger partial charge in [0.15, 0.2) is 6.10 Å². The minimum atomic E-state index is -4.75. The van der Waals surface area contributed by atoms with E-state index in [2.05, 4.69) is 69.4 Å². The van der Waals surface area contributed by atoms with E-state index in [-0.39, 0.29) is 25.9 Å². The van der Waals surface area contributed by atoms with E-state index < -0.39 is 57.8 Å². The molecular formula is C64H117O11P. The minimum absolute atomic E-state index is 0.162. The smallest absolute Gasteiger partial charge is 0.462 e. The van der Waals surface area contributed by atoms with E-state index in [0.29, 0.717) is 19.3 Å². The fourth-order valence-electron chi connectivity index (χ4n) is 8.90. The molecule has 2 N–H and O–H groups in total. The number of allylic oxidation sites excluding steroid dienone is 8. The Hall–Kier alpha value is -2.56. The molecule has 0 aromatic heterocycles. The molecule has 11 nitrogen and oxygen atoms in total. The molecule has 0 fully saturated rings. The molecule has 0 saturated carbocycles. The van der Waals surface area contributed by atoms with Gasteiger partial charge in [0.2, 0.25) is 0 Å². The molecule has 3 atom stereocenters. The number of unbranched alkanes of at least 4 members (excludes halogenated alkanes) is 34. The minimum Gasteiger partial charge on any atom is -0.462 e. The third-order valence-electron chi connectivity index (χ3n) is 13.7. The molecule has 444 valence electrons. The van der Waals surface area contributed by atoms with E-state index >= 15 is 0 Å². The Labute approximate surface area is 466 Å². The molecule has 0 aromatic carbocycles. The van der Waals surface area contributed by atoms with Crippen molar-refractivity contribution in [1.29, 1.82) is 0 Å². The van der Waals surface area contributed by atoms with Crippen LogP contribution in [-0.2, 0) is 42.2 Å². The van der Waals surface area contributed by atoms with Crippen LogP contribution in [0.15, 0.2) is 48.6 Å². The topological polar surface area (TPSA) is 155 Å². The molecule has 0 aliphatic heterocycles. The van der Waals surface area contributed by atoms with Crippen LogP contribution in [0.2, 0.25) is 0 Å². The fourth-order valence-corrected chi connectivity index (χ4v) is 9.68. The third kappa shape index (κ3) is 56.2. The number of hydrogen-bond donors (Lipinski definition) is 2. The highest BCUT2D eigenvalue weighted by molar-refractivity contribution is 7.47. The van der Waals surface area contributed by atoms with Crippen LogP contribution in [0.5, 0.6) is 0 Å². The van der Waals surface area contributed by atoms with Gasteiger partial charge in [-0.3, -0.25) is 23.4 Å². The van der Waals surface area contributed by atoms with Crippen molar-refractivity contribution in [2.45, 2.75) is 315 Å². The van der Waals surface area contributed by atoms with E-state index in [1.165, 1.54) is 148 Å². The van der Waals surface area contributed by atoms with Crippen LogP contribution in [0.3, 0.4) is 0 Å². The van der Waals surface area contributed by atoms with Crippen molar-refractivity contribution >= 4 is 25.7 Å². The summed E-state index contributed by atoms with van der Waals surface area (Å²) in [5.41, 5.74) is 0. The predicted octanol–water partition coefficient (Wildman–Crippen LogP) is 18.9. The maximum atomic E-state index is 12.9. The van der Waals surface area contributed by atoms with Crippen LogP contribution in [0.1, 0.15) is 303 Å². The first-order valence-electron chi connectivity index (χ1n) is 31.5. The second kappa shape index (κ2) is 58.6. The normalized spacial score (nSPS) is 13.6. The predicted molar refractivity (Wildman–Crippen MR) is 316 cm³/mol. The first-order chi connectivity index (χ1) is 37.2. The molecule has 0 aromatic rings. The van der Waals surface area contributed by atoms with Crippen molar-refractivity contribution in [2.24, 2.45) is 0 Å². The number of rotatable bonds is 59. The molecule has 0 radical (unpaired) electrons. The molecule has 0 rings (SSSR count). The number of carbonyl (C=O) groups excluding carboxylic acids is 3.